The van der Waals surface area contributed by atoms with E-state index < -0.39 is 0 Å². The van der Waals surface area contributed by atoms with E-state index >= 15 is 0 Å². The molecule has 0 spiro atoms. The Morgan fingerprint density at radius 1 is 1.38 bits per heavy atom. The maximum atomic E-state index is 3.71. The molecule has 1 nitrogen and oxygen atoms in total. The van der Waals surface area contributed by atoms with Crippen molar-refractivity contribution in [3.63, 3.8) is 0 Å². The number of hydrogen-bond donors (Lipinski definition) is 0. The van der Waals surface area contributed by atoms with Gasteiger partial charge in [-0.15, -0.1) is 0 Å². The molecule has 0 saturated heterocycles. The topological polar surface area (TPSA) is 3.24 Å². The summed E-state index contributed by atoms with van der Waals surface area (Å²) in [7, 11) is 2.09. The van der Waals surface area contributed by atoms with E-state index in [9.17, 15) is 0 Å². The first-order chi connectivity index (χ1) is 6.29. The summed E-state index contributed by atoms with van der Waals surface area (Å²) in [5.41, 5.74) is 2.48. The van der Waals surface area contributed by atoms with Gasteiger partial charge in [-0.1, -0.05) is 30.4 Å². The highest BCUT2D eigenvalue weighted by molar-refractivity contribution is 5.67. The highest BCUT2D eigenvalue weighted by Gasteiger charge is 2.00. The van der Waals surface area contributed by atoms with E-state index in [-0.39, 0.29) is 0 Å². The van der Waals surface area contributed by atoms with Crippen molar-refractivity contribution in [3.8, 4) is 0 Å². The van der Waals surface area contributed by atoms with Crippen molar-refractivity contribution in [3.05, 3.63) is 42.8 Å². The molecule has 1 heteroatoms. The molecule has 0 aliphatic heterocycles. The van der Waals surface area contributed by atoms with Gasteiger partial charge in [-0.2, -0.15) is 0 Å². The molecule has 0 fully saturated rings. The van der Waals surface area contributed by atoms with Crippen molar-refractivity contribution in [2.45, 2.75) is 6.92 Å². The van der Waals surface area contributed by atoms with Crippen LogP contribution in [0.2, 0.25) is 0 Å². The summed E-state index contributed by atoms with van der Waals surface area (Å²) in [5.74, 6) is 0. The van der Waals surface area contributed by atoms with Gasteiger partial charge in [-0.3, -0.25) is 0 Å². The summed E-state index contributed by atoms with van der Waals surface area (Å²) in [4.78, 5) is 2.22. The van der Waals surface area contributed by atoms with Gasteiger partial charge in [-0.25, -0.2) is 0 Å². The number of allylic oxidation sites excluding steroid dienone is 1. The number of rotatable bonds is 3. The minimum absolute atomic E-state index is 1.02. The molecule has 1 radical (unpaired) electrons. The fraction of sp³-hybridized carbons (Fsp3) is 0.250. The zero-order chi connectivity index (χ0) is 9.68. The fourth-order valence-electron chi connectivity index (χ4n) is 1.27. The predicted molar refractivity (Wildman–Crippen MR) is 59.8 cm³/mol. The first-order valence-electron chi connectivity index (χ1n) is 4.55. The average molecular weight is 174 g/mol. The Labute approximate surface area is 80.7 Å². The Balaban J connectivity index is 3.04. The number of benzene rings is 1. The molecule has 0 amide bonds. The summed E-state index contributed by atoms with van der Waals surface area (Å²) in [6.07, 6.45) is 3.85. The molecular formula is C12H16N. The second-order valence-electron chi connectivity index (χ2n) is 2.98. The zero-order valence-corrected chi connectivity index (χ0v) is 8.33. The van der Waals surface area contributed by atoms with Gasteiger partial charge in [0.1, 0.15) is 0 Å². The maximum absolute atomic E-state index is 3.71. The summed E-state index contributed by atoms with van der Waals surface area (Å²) in [6.45, 7) is 6.87. The van der Waals surface area contributed by atoms with E-state index in [0.29, 0.717) is 0 Å². The third-order valence-corrected chi connectivity index (χ3v) is 2.12. The van der Waals surface area contributed by atoms with Crippen LogP contribution in [0, 0.1) is 6.92 Å². The van der Waals surface area contributed by atoms with Gasteiger partial charge in [0.15, 0.2) is 0 Å². The van der Waals surface area contributed by atoms with Crippen LogP contribution in [0.15, 0.2) is 30.3 Å². The average Bonchev–Trinajstić information content (AvgIpc) is 2.18. The lowest BCUT2D eigenvalue weighted by Gasteiger charge is -2.19. The van der Waals surface area contributed by atoms with Crippen LogP contribution in [-0.4, -0.2) is 13.6 Å². The Bertz CT molecular complexity index is 289. The smallest absolute Gasteiger partial charge is 0.0437 e. The molecule has 1 aromatic rings. The third kappa shape index (κ3) is 2.35. The second kappa shape index (κ2) is 4.70. The Hall–Kier alpha value is -1.24. The molecule has 0 aliphatic rings. The SMILES string of the molecule is [CH2]/C=C/c1ccccc1N(C)CC. The van der Waals surface area contributed by atoms with Gasteiger partial charge in [0.25, 0.3) is 0 Å². The standard InChI is InChI=1S/C12H16N/c1-4-8-11-9-6-7-10-12(11)13(3)5-2/h4,6-10H,1,5H2,2-3H3/b8-4+. The van der Waals surface area contributed by atoms with Crippen LogP contribution in [0.5, 0.6) is 0 Å². The largest absolute Gasteiger partial charge is 0.374 e. The summed E-state index contributed by atoms with van der Waals surface area (Å²) >= 11 is 0. The van der Waals surface area contributed by atoms with Crippen LogP contribution in [-0.2, 0) is 0 Å². The van der Waals surface area contributed by atoms with Crippen LogP contribution in [0.3, 0.4) is 0 Å². The molecule has 0 saturated carbocycles. The van der Waals surface area contributed by atoms with Crippen molar-refractivity contribution < 1.29 is 0 Å². The van der Waals surface area contributed by atoms with Crippen molar-refractivity contribution in [2.75, 3.05) is 18.5 Å². The molecule has 0 atom stereocenters. The number of nitrogens with zero attached hydrogens (tertiary/aromatic N) is 1. The van der Waals surface area contributed by atoms with Crippen LogP contribution in [0.1, 0.15) is 12.5 Å². The fourth-order valence-corrected chi connectivity index (χ4v) is 1.27. The minimum atomic E-state index is 1.02. The van der Waals surface area contributed by atoms with Gasteiger partial charge in [0, 0.05) is 19.3 Å². The lowest BCUT2D eigenvalue weighted by molar-refractivity contribution is 0.966. The predicted octanol–water partition coefficient (Wildman–Crippen LogP) is 2.99. The van der Waals surface area contributed by atoms with Crippen LogP contribution in [0.25, 0.3) is 6.08 Å². The summed E-state index contributed by atoms with van der Waals surface area (Å²) < 4.78 is 0. The van der Waals surface area contributed by atoms with Crippen molar-refractivity contribution in [1.82, 2.24) is 0 Å². The molecule has 13 heavy (non-hydrogen) atoms. The normalized spacial score (nSPS) is 10.7. The zero-order valence-electron chi connectivity index (χ0n) is 8.33. The van der Waals surface area contributed by atoms with E-state index in [2.05, 4.69) is 44.0 Å². The van der Waals surface area contributed by atoms with E-state index in [1.54, 1.807) is 0 Å². The molecule has 0 aliphatic carbocycles. The lowest BCUT2D eigenvalue weighted by Crippen LogP contribution is -2.16. The molecule has 0 heterocycles. The Kier molecular flexibility index (Phi) is 3.56. The third-order valence-electron chi connectivity index (χ3n) is 2.12. The van der Waals surface area contributed by atoms with E-state index in [1.165, 1.54) is 11.3 Å². The molecule has 0 unspecified atom stereocenters. The highest BCUT2D eigenvalue weighted by Crippen LogP contribution is 2.19. The minimum Gasteiger partial charge on any atom is -0.374 e. The monoisotopic (exact) mass is 174 g/mol. The number of para-hydroxylation sites is 1. The van der Waals surface area contributed by atoms with Gasteiger partial charge in [0.2, 0.25) is 0 Å². The van der Waals surface area contributed by atoms with Gasteiger partial charge in [-0.05, 0) is 25.5 Å². The molecular weight excluding hydrogens is 158 g/mol. The van der Waals surface area contributed by atoms with Gasteiger partial charge in [0.05, 0.1) is 0 Å². The van der Waals surface area contributed by atoms with Gasteiger partial charge >= 0.3 is 0 Å². The van der Waals surface area contributed by atoms with E-state index in [0.717, 1.165) is 6.54 Å². The number of anilines is 1. The lowest BCUT2D eigenvalue weighted by atomic mass is 10.1. The molecule has 0 aromatic heterocycles. The van der Waals surface area contributed by atoms with Crippen LogP contribution < -0.4 is 4.90 Å². The van der Waals surface area contributed by atoms with Crippen molar-refractivity contribution >= 4 is 11.8 Å². The van der Waals surface area contributed by atoms with Crippen molar-refractivity contribution in [2.24, 2.45) is 0 Å². The quantitative estimate of drug-likeness (QED) is 0.681. The van der Waals surface area contributed by atoms with E-state index in [4.69, 9.17) is 0 Å². The van der Waals surface area contributed by atoms with Crippen LogP contribution >= 0.6 is 0 Å². The van der Waals surface area contributed by atoms with Crippen LogP contribution in [0.4, 0.5) is 5.69 Å². The molecule has 69 valence electrons. The molecule has 1 rings (SSSR count). The summed E-state index contributed by atoms with van der Waals surface area (Å²) in [6, 6.07) is 8.33. The first kappa shape index (κ1) is 9.85. The number of hydrogen-bond acceptors (Lipinski definition) is 1. The molecule has 1 aromatic carbocycles. The Morgan fingerprint density at radius 2 is 2.08 bits per heavy atom. The Morgan fingerprint density at radius 3 is 2.69 bits per heavy atom. The first-order valence-corrected chi connectivity index (χ1v) is 4.55. The van der Waals surface area contributed by atoms with Gasteiger partial charge < -0.3 is 4.90 Å². The highest BCUT2D eigenvalue weighted by atomic mass is 15.1. The summed E-state index contributed by atoms with van der Waals surface area (Å²) in [5, 5.41) is 0. The van der Waals surface area contributed by atoms with E-state index in [1.807, 2.05) is 18.2 Å². The molecule has 0 bridgehead atoms. The second-order valence-corrected chi connectivity index (χ2v) is 2.98. The molecule has 0 N–H and O–H groups in total. The van der Waals surface area contributed by atoms with Crippen molar-refractivity contribution in [1.29, 1.82) is 0 Å². The maximum Gasteiger partial charge on any atom is 0.0437 e.